The van der Waals surface area contributed by atoms with Gasteiger partial charge in [-0.25, -0.2) is 0 Å². The van der Waals surface area contributed by atoms with E-state index in [1.54, 1.807) is 0 Å². The quantitative estimate of drug-likeness (QED) is 0.499. The summed E-state index contributed by atoms with van der Waals surface area (Å²) in [6.45, 7) is 2.42. The molecule has 1 aliphatic rings. The Kier molecular flexibility index (Phi) is 3.81. The Bertz CT molecular complexity index is 70.8. The highest BCUT2D eigenvalue weighted by Crippen LogP contribution is 2.09. The smallest absolute Gasteiger partial charge is 0.0109 e. The van der Waals surface area contributed by atoms with Crippen LogP contribution in [0.25, 0.3) is 0 Å². The monoisotopic (exact) mass is 140 g/mol. The third-order valence-electron chi connectivity index (χ3n) is 2.20. The molecule has 0 amide bonds. The van der Waals surface area contributed by atoms with Crippen molar-refractivity contribution in [1.29, 1.82) is 0 Å². The summed E-state index contributed by atoms with van der Waals surface area (Å²) in [4.78, 5) is 2.21. The van der Waals surface area contributed by atoms with Gasteiger partial charge in [0.2, 0.25) is 0 Å². The minimum absolute atomic E-state index is 1.21. The SMILES string of the molecule is [CH2]N1CCCCCCCC1. The van der Waals surface area contributed by atoms with Crippen LogP contribution in [0.5, 0.6) is 0 Å². The van der Waals surface area contributed by atoms with Crippen molar-refractivity contribution >= 4 is 0 Å². The summed E-state index contributed by atoms with van der Waals surface area (Å²) in [5.41, 5.74) is 0. The van der Waals surface area contributed by atoms with Gasteiger partial charge in [-0.1, -0.05) is 25.7 Å². The molecule has 0 atom stereocenters. The van der Waals surface area contributed by atoms with Crippen molar-refractivity contribution in [3.63, 3.8) is 0 Å². The third kappa shape index (κ3) is 3.21. The van der Waals surface area contributed by atoms with Crippen LogP contribution < -0.4 is 0 Å². The lowest BCUT2D eigenvalue weighted by Gasteiger charge is -2.13. The van der Waals surface area contributed by atoms with E-state index in [0.717, 1.165) is 0 Å². The molecular weight excluding hydrogens is 122 g/mol. The second-order valence-electron chi connectivity index (χ2n) is 3.24. The summed E-state index contributed by atoms with van der Waals surface area (Å²) in [7, 11) is 3.97. The molecule has 1 aliphatic heterocycles. The molecule has 0 aromatic rings. The van der Waals surface area contributed by atoms with Crippen molar-refractivity contribution in [3.8, 4) is 0 Å². The van der Waals surface area contributed by atoms with E-state index >= 15 is 0 Å². The maximum atomic E-state index is 3.97. The van der Waals surface area contributed by atoms with Gasteiger partial charge < -0.3 is 4.90 Å². The van der Waals surface area contributed by atoms with E-state index in [1.807, 2.05) is 0 Å². The lowest BCUT2D eigenvalue weighted by Crippen LogP contribution is -2.17. The fraction of sp³-hybridized carbons (Fsp3) is 0.889. The molecule has 1 radical (unpaired) electrons. The minimum Gasteiger partial charge on any atom is -0.302 e. The Morgan fingerprint density at radius 1 is 0.700 bits per heavy atom. The molecule has 0 saturated carbocycles. The fourth-order valence-corrected chi connectivity index (χ4v) is 1.49. The van der Waals surface area contributed by atoms with Crippen LogP contribution in [0.2, 0.25) is 0 Å². The summed E-state index contributed by atoms with van der Waals surface area (Å²) in [5.74, 6) is 0. The molecule has 0 aromatic heterocycles. The first-order valence-corrected chi connectivity index (χ1v) is 4.45. The van der Waals surface area contributed by atoms with Gasteiger partial charge in [-0.3, -0.25) is 0 Å². The summed E-state index contributed by atoms with van der Waals surface area (Å²) >= 11 is 0. The predicted molar refractivity (Wildman–Crippen MR) is 44.6 cm³/mol. The van der Waals surface area contributed by atoms with Gasteiger partial charge in [0.25, 0.3) is 0 Å². The Balaban J connectivity index is 2.15. The van der Waals surface area contributed by atoms with Crippen molar-refractivity contribution in [2.75, 3.05) is 13.1 Å². The topological polar surface area (TPSA) is 3.24 Å². The van der Waals surface area contributed by atoms with Crippen LogP contribution in [-0.4, -0.2) is 18.0 Å². The van der Waals surface area contributed by atoms with Crippen LogP contribution in [0.1, 0.15) is 38.5 Å². The Labute approximate surface area is 64.4 Å². The first-order valence-electron chi connectivity index (χ1n) is 4.45. The molecular formula is C9H18N. The summed E-state index contributed by atoms with van der Waals surface area (Å²) < 4.78 is 0. The third-order valence-corrected chi connectivity index (χ3v) is 2.20. The van der Waals surface area contributed by atoms with Gasteiger partial charge in [0.1, 0.15) is 0 Å². The zero-order valence-electron chi connectivity index (χ0n) is 6.81. The van der Waals surface area contributed by atoms with Crippen LogP contribution in [0.4, 0.5) is 0 Å². The van der Waals surface area contributed by atoms with Crippen molar-refractivity contribution in [2.24, 2.45) is 0 Å². The lowest BCUT2D eigenvalue weighted by molar-refractivity contribution is 0.361. The van der Waals surface area contributed by atoms with Gasteiger partial charge in [0, 0.05) is 7.05 Å². The Hall–Kier alpha value is -0.0400. The Morgan fingerprint density at radius 2 is 1.10 bits per heavy atom. The predicted octanol–water partition coefficient (Wildman–Crippen LogP) is 2.43. The molecule has 1 heteroatoms. The Morgan fingerprint density at radius 3 is 1.60 bits per heavy atom. The summed E-state index contributed by atoms with van der Waals surface area (Å²) in [5, 5.41) is 0. The standard InChI is InChI=1S/C9H18N/c1-10-8-6-4-2-3-5-7-9-10/h1-9H2. The number of rotatable bonds is 0. The molecule has 1 nitrogen and oxygen atoms in total. The largest absolute Gasteiger partial charge is 0.302 e. The maximum absolute atomic E-state index is 3.97. The second-order valence-corrected chi connectivity index (χ2v) is 3.24. The van der Waals surface area contributed by atoms with E-state index in [0.29, 0.717) is 0 Å². The molecule has 10 heavy (non-hydrogen) atoms. The van der Waals surface area contributed by atoms with Crippen molar-refractivity contribution in [1.82, 2.24) is 4.90 Å². The first kappa shape index (κ1) is 8.06. The molecule has 1 fully saturated rings. The molecule has 59 valence electrons. The van der Waals surface area contributed by atoms with Gasteiger partial charge in [-0.15, -0.1) is 0 Å². The molecule has 0 spiro atoms. The van der Waals surface area contributed by atoms with Crippen molar-refractivity contribution in [2.45, 2.75) is 38.5 Å². The molecule has 1 rings (SSSR count). The van der Waals surface area contributed by atoms with Crippen LogP contribution in [0.3, 0.4) is 0 Å². The molecule has 0 bridgehead atoms. The zero-order chi connectivity index (χ0) is 7.23. The normalized spacial score (nSPS) is 24.9. The highest BCUT2D eigenvalue weighted by atomic mass is 15.1. The van der Waals surface area contributed by atoms with E-state index in [1.165, 1.54) is 51.6 Å². The molecule has 0 unspecified atom stereocenters. The lowest BCUT2D eigenvalue weighted by atomic mass is 10.1. The molecule has 1 heterocycles. The van der Waals surface area contributed by atoms with Crippen LogP contribution in [0.15, 0.2) is 0 Å². The highest BCUT2D eigenvalue weighted by molar-refractivity contribution is 4.59. The van der Waals surface area contributed by atoms with E-state index in [2.05, 4.69) is 11.9 Å². The average Bonchev–Trinajstić information content (AvgIpc) is 2.02. The highest BCUT2D eigenvalue weighted by Gasteiger charge is 2.00. The van der Waals surface area contributed by atoms with Gasteiger partial charge in [-0.05, 0) is 25.9 Å². The van der Waals surface area contributed by atoms with E-state index in [-0.39, 0.29) is 0 Å². The van der Waals surface area contributed by atoms with Gasteiger partial charge in [-0.2, -0.15) is 0 Å². The average molecular weight is 140 g/mol. The first-order chi connectivity index (χ1) is 4.89. The van der Waals surface area contributed by atoms with Crippen LogP contribution >= 0.6 is 0 Å². The molecule has 0 aromatic carbocycles. The van der Waals surface area contributed by atoms with E-state index in [9.17, 15) is 0 Å². The van der Waals surface area contributed by atoms with Gasteiger partial charge in [0.15, 0.2) is 0 Å². The van der Waals surface area contributed by atoms with Gasteiger partial charge in [0.05, 0.1) is 0 Å². The summed E-state index contributed by atoms with van der Waals surface area (Å²) in [6.07, 6.45) is 8.40. The van der Waals surface area contributed by atoms with Crippen molar-refractivity contribution < 1.29 is 0 Å². The molecule has 1 saturated heterocycles. The number of nitrogens with zero attached hydrogens (tertiary/aromatic N) is 1. The fourth-order valence-electron chi connectivity index (χ4n) is 1.49. The molecule has 0 N–H and O–H groups in total. The van der Waals surface area contributed by atoms with Crippen LogP contribution in [0, 0.1) is 7.05 Å². The second kappa shape index (κ2) is 4.73. The summed E-state index contributed by atoms with van der Waals surface area (Å²) in [6, 6.07) is 0. The van der Waals surface area contributed by atoms with E-state index in [4.69, 9.17) is 0 Å². The van der Waals surface area contributed by atoms with Gasteiger partial charge >= 0.3 is 0 Å². The van der Waals surface area contributed by atoms with E-state index < -0.39 is 0 Å². The number of hydrogen-bond acceptors (Lipinski definition) is 1. The maximum Gasteiger partial charge on any atom is 0.0109 e. The van der Waals surface area contributed by atoms with Crippen molar-refractivity contribution in [3.05, 3.63) is 7.05 Å². The van der Waals surface area contributed by atoms with Crippen LogP contribution in [-0.2, 0) is 0 Å². The number of hydrogen-bond donors (Lipinski definition) is 0. The minimum atomic E-state index is 1.21. The zero-order valence-corrected chi connectivity index (χ0v) is 6.81. The molecule has 0 aliphatic carbocycles.